The lowest BCUT2D eigenvalue weighted by atomic mass is 10.3. The van der Waals surface area contributed by atoms with Crippen molar-refractivity contribution in [1.29, 1.82) is 0 Å². The van der Waals surface area contributed by atoms with E-state index in [-0.39, 0.29) is 4.90 Å². The summed E-state index contributed by atoms with van der Waals surface area (Å²) in [7, 11) is -2.53. The number of carbonyl (C=O) groups excluding carboxylic acids is 1. The van der Waals surface area contributed by atoms with Gasteiger partial charge in [0.05, 0.1) is 11.4 Å². The van der Waals surface area contributed by atoms with Crippen molar-refractivity contribution >= 4 is 37.8 Å². The fraction of sp³-hybridized carbons (Fsp3) is 0.385. The molecule has 1 fully saturated rings. The van der Waals surface area contributed by atoms with Crippen LogP contribution in [-0.2, 0) is 19.6 Å². The van der Waals surface area contributed by atoms with Crippen LogP contribution in [0.25, 0.3) is 0 Å². The zero-order valence-electron chi connectivity index (χ0n) is 11.7. The van der Waals surface area contributed by atoms with Crippen LogP contribution in [0.4, 0.5) is 0 Å². The maximum Gasteiger partial charge on any atom is 0.329 e. The number of carboxylic acid groups (broad SMARTS) is 1. The third-order valence-electron chi connectivity index (χ3n) is 3.43. The summed E-state index contributed by atoms with van der Waals surface area (Å²) in [6, 6.07) is 6.02. The number of sulfonamides is 1. The van der Waals surface area contributed by atoms with Crippen molar-refractivity contribution in [3.05, 3.63) is 28.7 Å². The third-order valence-corrected chi connectivity index (χ3v) is 5.77. The average Bonchev–Trinajstić information content (AvgIpc) is 3.19. The second kappa shape index (κ2) is 5.98. The number of hydrogen-bond donors (Lipinski definition) is 2. The van der Waals surface area contributed by atoms with E-state index in [0.717, 1.165) is 8.78 Å². The number of hydrogen-bond acceptors (Lipinski definition) is 4. The van der Waals surface area contributed by atoms with E-state index in [1.54, 1.807) is 12.1 Å². The zero-order valence-corrected chi connectivity index (χ0v) is 14.1. The summed E-state index contributed by atoms with van der Waals surface area (Å²) < 4.78 is 26.2. The van der Waals surface area contributed by atoms with Gasteiger partial charge in [0.1, 0.15) is 5.54 Å². The Bertz CT molecular complexity index is 698. The molecule has 1 aromatic carbocycles. The molecule has 0 spiro atoms. The van der Waals surface area contributed by atoms with Gasteiger partial charge in [-0.15, -0.1) is 0 Å². The number of nitrogens with zero attached hydrogens (tertiary/aromatic N) is 1. The fourth-order valence-corrected chi connectivity index (χ4v) is 3.29. The summed E-state index contributed by atoms with van der Waals surface area (Å²) in [5, 5.41) is 11.4. The number of benzene rings is 1. The number of halogens is 1. The molecule has 0 atom stereocenters. The lowest BCUT2D eigenvalue weighted by molar-refractivity contribution is -0.143. The molecule has 1 aromatic rings. The largest absolute Gasteiger partial charge is 0.480 e. The van der Waals surface area contributed by atoms with Crippen molar-refractivity contribution in [3.63, 3.8) is 0 Å². The highest BCUT2D eigenvalue weighted by molar-refractivity contribution is 9.10. The first-order valence-corrected chi connectivity index (χ1v) is 8.67. The maximum atomic E-state index is 12.3. The normalized spacial score (nSPS) is 16.3. The van der Waals surface area contributed by atoms with Gasteiger partial charge in [-0.1, -0.05) is 15.9 Å². The third kappa shape index (κ3) is 3.47. The van der Waals surface area contributed by atoms with Crippen LogP contribution in [-0.4, -0.2) is 48.8 Å². The van der Waals surface area contributed by atoms with Gasteiger partial charge in [0.15, 0.2) is 0 Å². The van der Waals surface area contributed by atoms with Crippen molar-refractivity contribution < 1.29 is 23.1 Å². The SMILES string of the molecule is CN(CC(=O)NC1(C(=O)O)CC1)S(=O)(=O)c1ccc(Br)cc1. The molecule has 0 heterocycles. The Hall–Kier alpha value is -1.45. The van der Waals surface area contributed by atoms with Crippen LogP contribution in [0.1, 0.15) is 12.8 Å². The molecule has 1 aliphatic carbocycles. The van der Waals surface area contributed by atoms with E-state index in [9.17, 15) is 18.0 Å². The van der Waals surface area contributed by atoms with E-state index >= 15 is 0 Å². The first-order valence-electron chi connectivity index (χ1n) is 6.44. The zero-order chi connectivity index (χ0) is 16.5. The van der Waals surface area contributed by atoms with Gasteiger partial charge in [-0.25, -0.2) is 13.2 Å². The second-order valence-corrected chi connectivity index (χ2v) is 8.11. The summed E-state index contributed by atoms with van der Waals surface area (Å²) in [5.74, 6) is -1.73. The second-order valence-electron chi connectivity index (χ2n) is 5.15. The number of amides is 1. The molecule has 7 nitrogen and oxygen atoms in total. The Morgan fingerprint density at radius 1 is 1.32 bits per heavy atom. The topological polar surface area (TPSA) is 104 Å². The Balaban J connectivity index is 2.05. The number of aliphatic carboxylic acids is 1. The fourth-order valence-electron chi connectivity index (χ4n) is 1.90. The van der Waals surface area contributed by atoms with Crippen molar-refractivity contribution in [2.45, 2.75) is 23.3 Å². The van der Waals surface area contributed by atoms with Gasteiger partial charge in [0.25, 0.3) is 0 Å². The van der Waals surface area contributed by atoms with Gasteiger partial charge in [-0.2, -0.15) is 4.31 Å². The van der Waals surface area contributed by atoms with Crippen molar-refractivity contribution in [1.82, 2.24) is 9.62 Å². The molecule has 1 amide bonds. The standard InChI is InChI=1S/C13H15BrN2O5S/c1-16(8-11(17)15-13(6-7-13)12(18)19)22(20,21)10-4-2-9(14)3-5-10/h2-5H,6-8H2,1H3,(H,15,17)(H,18,19). The predicted octanol–water partition coefficient (Wildman–Crippen LogP) is 0.803. The molecular formula is C13H15BrN2O5S. The van der Waals surface area contributed by atoms with Crippen molar-refractivity contribution in [2.75, 3.05) is 13.6 Å². The first-order chi connectivity index (χ1) is 10.2. The molecule has 0 aromatic heterocycles. The van der Waals surface area contributed by atoms with Crippen LogP contribution in [0, 0.1) is 0 Å². The molecule has 22 heavy (non-hydrogen) atoms. The van der Waals surface area contributed by atoms with Crippen LogP contribution >= 0.6 is 15.9 Å². The highest BCUT2D eigenvalue weighted by atomic mass is 79.9. The number of rotatable bonds is 6. The molecule has 0 radical (unpaired) electrons. The Morgan fingerprint density at radius 2 is 1.86 bits per heavy atom. The maximum absolute atomic E-state index is 12.3. The summed E-state index contributed by atoms with van der Waals surface area (Å²) in [6.45, 7) is -0.437. The van der Waals surface area contributed by atoms with Crippen molar-refractivity contribution in [3.8, 4) is 0 Å². The van der Waals surface area contributed by atoms with Crippen LogP contribution in [0.2, 0.25) is 0 Å². The molecule has 9 heteroatoms. The minimum absolute atomic E-state index is 0.0605. The molecule has 2 N–H and O–H groups in total. The number of carboxylic acids is 1. The van der Waals surface area contributed by atoms with Gasteiger partial charge in [-0.3, -0.25) is 4.79 Å². The highest BCUT2D eigenvalue weighted by Crippen LogP contribution is 2.35. The average molecular weight is 391 g/mol. The van der Waals surface area contributed by atoms with Crippen molar-refractivity contribution in [2.24, 2.45) is 0 Å². The Kier molecular flexibility index (Phi) is 4.59. The molecule has 1 aliphatic rings. The summed E-state index contributed by atoms with van der Waals surface area (Å²) >= 11 is 3.21. The lowest BCUT2D eigenvalue weighted by Crippen LogP contribution is -2.47. The quantitative estimate of drug-likeness (QED) is 0.747. The summed E-state index contributed by atoms with van der Waals surface area (Å²) in [5.41, 5.74) is -1.22. The molecule has 0 aliphatic heterocycles. The van der Waals surface area contributed by atoms with E-state index in [4.69, 9.17) is 5.11 Å². The van der Waals surface area contributed by atoms with Crippen LogP contribution in [0.5, 0.6) is 0 Å². The molecule has 120 valence electrons. The van der Waals surface area contributed by atoms with E-state index in [0.29, 0.717) is 12.8 Å². The summed E-state index contributed by atoms with van der Waals surface area (Å²) in [4.78, 5) is 22.9. The number of carbonyl (C=O) groups is 2. The molecular weight excluding hydrogens is 376 g/mol. The van der Waals surface area contributed by atoms with Gasteiger partial charge < -0.3 is 10.4 Å². The smallest absolute Gasteiger partial charge is 0.329 e. The highest BCUT2D eigenvalue weighted by Gasteiger charge is 2.51. The Morgan fingerprint density at radius 3 is 2.32 bits per heavy atom. The van der Waals surface area contributed by atoms with E-state index in [1.807, 2.05) is 0 Å². The Labute approximate surface area is 136 Å². The minimum atomic E-state index is -3.80. The lowest BCUT2D eigenvalue weighted by Gasteiger charge is -2.19. The van der Waals surface area contributed by atoms with E-state index in [2.05, 4.69) is 21.2 Å². The first kappa shape index (κ1) is 16.9. The van der Waals surface area contributed by atoms with Crippen LogP contribution in [0.15, 0.2) is 33.6 Å². The molecule has 0 unspecified atom stereocenters. The van der Waals surface area contributed by atoms with E-state index < -0.39 is 34.0 Å². The van der Waals surface area contributed by atoms with Crippen LogP contribution < -0.4 is 5.32 Å². The van der Waals surface area contributed by atoms with E-state index in [1.165, 1.54) is 19.2 Å². The minimum Gasteiger partial charge on any atom is -0.480 e. The monoisotopic (exact) mass is 390 g/mol. The molecule has 2 rings (SSSR count). The molecule has 0 saturated heterocycles. The van der Waals surface area contributed by atoms with Crippen LogP contribution in [0.3, 0.4) is 0 Å². The number of likely N-dealkylation sites (N-methyl/N-ethyl adjacent to an activating group) is 1. The van der Waals surface area contributed by atoms with Gasteiger partial charge in [0, 0.05) is 11.5 Å². The van der Waals surface area contributed by atoms with Gasteiger partial charge >= 0.3 is 5.97 Å². The summed E-state index contributed by atoms with van der Waals surface area (Å²) in [6.07, 6.45) is 0.717. The predicted molar refractivity (Wildman–Crippen MR) is 81.7 cm³/mol. The molecule has 0 bridgehead atoms. The van der Waals surface area contributed by atoms with Gasteiger partial charge in [-0.05, 0) is 37.1 Å². The van der Waals surface area contributed by atoms with Gasteiger partial charge in [0.2, 0.25) is 15.9 Å². The molecule has 1 saturated carbocycles. The number of nitrogens with one attached hydrogen (secondary N) is 1.